The summed E-state index contributed by atoms with van der Waals surface area (Å²) in [6.45, 7) is -0.00152. The lowest BCUT2D eigenvalue weighted by molar-refractivity contribution is -0.110. The molecule has 0 aromatic heterocycles. The van der Waals surface area contributed by atoms with Crippen LogP contribution in [0.5, 0.6) is 0 Å². The molecule has 2 aromatic carbocycles. The van der Waals surface area contributed by atoms with Crippen LogP contribution < -0.4 is 5.32 Å². The molecule has 0 radical (unpaired) electrons. The minimum atomic E-state index is -0.284. The SMILES string of the molecule is OC[C@@H]1CC[C@@H]2[C@@H](c3ccccc3)Nc3c(F)cc(Br)cc3[C@@H]2O1. The maximum atomic E-state index is 14.6. The molecule has 2 N–H and O–H groups in total. The zero-order valence-electron chi connectivity index (χ0n) is 13.1. The van der Waals surface area contributed by atoms with Crippen LogP contribution in [-0.4, -0.2) is 17.8 Å². The van der Waals surface area contributed by atoms with E-state index in [1.807, 2.05) is 24.3 Å². The highest BCUT2D eigenvalue weighted by Gasteiger charge is 2.43. The van der Waals surface area contributed by atoms with Crippen LogP contribution in [0.4, 0.5) is 10.1 Å². The van der Waals surface area contributed by atoms with Crippen LogP contribution in [0.1, 0.15) is 36.1 Å². The maximum Gasteiger partial charge on any atom is 0.147 e. The van der Waals surface area contributed by atoms with Crippen molar-refractivity contribution in [1.29, 1.82) is 0 Å². The van der Waals surface area contributed by atoms with Gasteiger partial charge in [0.05, 0.1) is 30.5 Å². The van der Waals surface area contributed by atoms with Crippen LogP contribution in [0, 0.1) is 11.7 Å². The van der Waals surface area contributed by atoms with Crippen LogP contribution in [0.3, 0.4) is 0 Å². The number of ether oxygens (including phenoxy) is 1. The molecule has 0 saturated carbocycles. The van der Waals surface area contributed by atoms with Crippen LogP contribution in [0.15, 0.2) is 46.9 Å². The Balaban J connectivity index is 1.80. The largest absolute Gasteiger partial charge is 0.394 e. The lowest BCUT2D eigenvalue weighted by Crippen LogP contribution is -2.40. The van der Waals surface area contributed by atoms with Gasteiger partial charge in [-0.1, -0.05) is 46.3 Å². The van der Waals surface area contributed by atoms with Gasteiger partial charge in [-0.2, -0.15) is 0 Å². The second kappa shape index (κ2) is 6.47. The number of aliphatic hydroxyl groups is 1. The zero-order valence-corrected chi connectivity index (χ0v) is 14.7. The van der Waals surface area contributed by atoms with Crippen LogP contribution in [-0.2, 0) is 4.74 Å². The molecule has 2 aliphatic rings. The average Bonchev–Trinajstić information content (AvgIpc) is 2.61. The summed E-state index contributed by atoms with van der Waals surface area (Å²) in [5, 5.41) is 12.9. The summed E-state index contributed by atoms with van der Waals surface area (Å²) in [4.78, 5) is 0. The van der Waals surface area contributed by atoms with Gasteiger partial charge >= 0.3 is 0 Å². The summed E-state index contributed by atoms with van der Waals surface area (Å²) in [6, 6.07) is 13.5. The number of aliphatic hydroxyl groups excluding tert-OH is 1. The third-order valence-corrected chi connectivity index (χ3v) is 5.49. The van der Waals surface area contributed by atoms with E-state index in [0.29, 0.717) is 10.2 Å². The van der Waals surface area contributed by atoms with Gasteiger partial charge in [-0.15, -0.1) is 0 Å². The van der Waals surface area contributed by atoms with E-state index in [-0.39, 0.29) is 36.6 Å². The Labute approximate surface area is 149 Å². The van der Waals surface area contributed by atoms with Crippen LogP contribution in [0.25, 0.3) is 0 Å². The first kappa shape index (κ1) is 16.1. The third kappa shape index (κ3) is 2.75. The van der Waals surface area contributed by atoms with Crippen molar-refractivity contribution in [2.45, 2.75) is 31.1 Å². The predicted molar refractivity (Wildman–Crippen MR) is 94.3 cm³/mol. The van der Waals surface area contributed by atoms with E-state index in [9.17, 15) is 9.50 Å². The van der Waals surface area contributed by atoms with E-state index in [0.717, 1.165) is 24.0 Å². The lowest BCUT2D eigenvalue weighted by atomic mass is 9.76. The van der Waals surface area contributed by atoms with E-state index >= 15 is 0 Å². The quantitative estimate of drug-likeness (QED) is 0.786. The fraction of sp³-hybridized carbons (Fsp3) is 0.368. The number of hydrogen-bond acceptors (Lipinski definition) is 3. The molecule has 2 heterocycles. The van der Waals surface area contributed by atoms with Gasteiger partial charge in [0.25, 0.3) is 0 Å². The first-order valence-corrected chi connectivity index (χ1v) is 9.03. The smallest absolute Gasteiger partial charge is 0.147 e. The second-order valence-corrected chi connectivity index (χ2v) is 7.40. The zero-order chi connectivity index (χ0) is 16.7. The van der Waals surface area contributed by atoms with Gasteiger partial charge in [-0.3, -0.25) is 0 Å². The average molecular weight is 392 g/mol. The first-order chi connectivity index (χ1) is 11.7. The molecule has 0 amide bonds. The van der Waals surface area contributed by atoms with Crippen molar-refractivity contribution in [3.8, 4) is 0 Å². The highest BCUT2D eigenvalue weighted by Crippen LogP contribution is 2.51. The highest BCUT2D eigenvalue weighted by atomic mass is 79.9. The molecule has 4 rings (SSSR count). The standard InChI is InChI=1S/C19H19BrFNO2/c20-12-8-15-18(16(21)9-12)22-17(11-4-2-1-3-5-11)14-7-6-13(10-23)24-19(14)15/h1-5,8-9,13-14,17,19,22-23H,6-7,10H2/t13-,14+,17+,19+/m0/s1. The molecule has 1 fully saturated rings. The summed E-state index contributed by atoms with van der Waals surface area (Å²) in [5.74, 6) is -0.0788. The molecule has 0 spiro atoms. The Bertz CT molecular complexity index is 740. The summed E-state index contributed by atoms with van der Waals surface area (Å²) in [7, 11) is 0. The van der Waals surface area contributed by atoms with Gasteiger partial charge in [0, 0.05) is 16.0 Å². The second-order valence-electron chi connectivity index (χ2n) is 6.49. The number of anilines is 1. The molecule has 2 aromatic rings. The molecule has 5 heteroatoms. The number of fused-ring (bicyclic) bond motifs is 3. The Kier molecular flexibility index (Phi) is 4.33. The van der Waals surface area contributed by atoms with E-state index in [2.05, 4.69) is 33.4 Å². The molecule has 1 saturated heterocycles. The van der Waals surface area contributed by atoms with E-state index in [1.54, 1.807) is 0 Å². The molecule has 126 valence electrons. The van der Waals surface area contributed by atoms with E-state index in [4.69, 9.17) is 4.74 Å². The number of halogens is 2. The monoisotopic (exact) mass is 391 g/mol. The Morgan fingerprint density at radius 3 is 2.75 bits per heavy atom. The number of rotatable bonds is 2. The van der Waals surface area contributed by atoms with Gasteiger partial charge in [0.2, 0.25) is 0 Å². The molecule has 3 nitrogen and oxygen atoms in total. The molecule has 0 bridgehead atoms. The van der Waals surface area contributed by atoms with E-state index in [1.165, 1.54) is 6.07 Å². The molecular weight excluding hydrogens is 373 g/mol. The summed E-state index contributed by atoms with van der Waals surface area (Å²) < 4.78 is 21.4. The van der Waals surface area contributed by atoms with Gasteiger partial charge < -0.3 is 15.2 Å². The van der Waals surface area contributed by atoms with Crippen molar-refractivity contribution < 1.29 is 14.2 Å². The molecular formula is C19H19BrFNO2. The molecule has 0 aliphatic carbocycles. The van der Waals surface area contributed by atoms with Crippen molar-refractivity contribution in [3.05, 3.63) is 63.9 Å². The first-order valence-electron chi connectivity index (χ1n) is 8.24. The number of hydrogen-bond donors (Lipinski definition) is 2. The summed E-state index contributed by atoms with van der Waals surface area (Å²) in [6.07, 6.45) is 1.34. The highest BCUT2D eigenvalue weighted by molar-refractivity contribution is 9.10. The lowest BCUT2D eigenvalue weighted by Gasteiger charge is -2.45. The van der Waals surface area contributed by atoms with Crippen molar-refractivity contribution >= 4 is 21.6 Å². The van der Waals surface area contributed by atoms with Crippen molar-refractivity contribution in [3.63, 3.8) is 0 Å². The maximum absolute atomic E-state index is 14.6. The third-order valence-electron chi connectivity index (χ3n) is 5.03. The Morgan fingerprint density at radius 1 is 1.21 bits per heavy atom. The van der Waals surface area contributed by atoms with Crippen molar-refractivity contribution in [2.24, 2.45) is 5.92 Å². The Morgan fingerprint density at radius 2 is 2.00 bits per heavy atom. The number of benzene rings is 2. The minimum absolute atomic E-state index is 0.000909. The Hall–Kier alpha value is -1.43. The molecule has 2 aliphatic heterocycles. The normalized spacial score (nSPS) is 28.6. The number of nitrogens with one attached hydrogen (secondary N) is 1. The molecule has 4 atom stereocenters. The van der Waals surface area contributed by atoms with E-state index < -0.39 is 0 Å². The van der Waals surface area contributed by atoms with Crippen LogP contribution in [0.2, 0.25) is 0 Å². The van der Waals surface area contributed by atoms with Gasteiger partial charge in [0.15, 0.2) is 0 Å². The summed E-state index contributed by atoms with van der Waals surface area (Å²) >= 11 is 3.38. The van der Waals surface area contributed by atoms with Gasteiger partial charge in [-0.25, -0.2) is 4.39 Å². The fourth-order valence-electron chi connectivity index (χ4n) is 3.91. The predicted octanol–water partition coefficient (Wildman–Crippen LogP) is 4.58. The summed E-state index contributed by atoms with van der Waals surface area (Å²) in [5.41, 5.74) is 2.47. The van der Waals surface area contributed by atoms with Crippen molar-refractivity contribution in [2.75, 3.05) is 11.9 Å². The van der Waals surface area contributed by atoms with Gasteiger partial charge in [-0.05, 0) is 30.5 Å². The van der Waals surface area contributed by atoms with Crippen LogP contribution >= 0.6 is 15.9 Å². The fourth-order valence-corrected chi connectivity index (χ4v) is 4.36. The molecule has 0 unspecified atom stereocenters. The minimum Gasteiger partial charge on any atom is -0.394 e. The molecule has 24 heavy (non-hydrogen) atoms. The van der Waals surface area contributed by atoms with Gasteiger partial charge in [0.1, 0.15) is 5.82 Å². The topological polar surface area (TPSA) is 41.5 Å². The van der Waals surface area contributed by atoms with Crippen molar-refractivity contribution in [1.82, 2.24) is 0 Å².